The summed E-state index contributed by atoms with van der Waals surface area (Å²) in [4.78, 5) is 11.9. The van der Waals surface area contributed by atoms with Gasteiger partial charge >= 0.3 is 5.69 Å². The van der Waals surface area contributed by atoms with Crippen LogP contribution >= 0.6 is 11.5 Å². The number of hydrogen-bond acceptors (Lipinski definition) is 6. The average molecular weight is 305 g/mol. The first kappa shape index (κ1) is 12.3. The molecule has 21 heavy (non-hydrogen) atoms. The van der Waals surface area contributed by atoms with Crippen molar-refractivity contribution in [1.29, 1.82) is 0 Å². The molecule has 0 fully saturated rings. The third-order valence-corrected chi connectivity index (χ3v) is 3.61. The first-order chi connectivity index (χ1) is 10.6. The van der Waals surface area contributed by atoms with Crippen LogP contribution in [0.1, 0.15) is 12.5 Å². The highest BCUT2D eigenvalue weighted by Gasteiger charge is 2.14. The van der Waals surface area contributed by atoms with Crippen LogP contribution in [0.3, 0.4) is 0 Å². The van der Waals surface area contributed by atoms with Crippen molar-refractivity contribution in [2.24, 2.45) is 7.05 Å². The van der Waals surface area contributed by atoms with E-state index in [1.54, 1.807) is 18.2 Å². The van der Waals surface area contributed by atoms with Crippen molar-refractivity contribution in [3.8, 4) is 11.6 Å². The van der Waals surface area contributed by atoms with E-state index in [-0.39, 0.29) is 12.3 Å². The topological polar surface area (TPSA) is 74.8 Å². The molecule has 1 aromatic carbocycles. The Hall–Kier alpha value is -2.48. The summed E-state index contributed by atoms with van der Waals surface area (Å²) in [6.45, 7) is 2.14. The molecule has 0 radical (unpaired) electrons. The van der Waals surface area contributed by atoms with Crippen molar-refractivity contribution in [1.82, 2.24) is 24.2 Å². The zero-order chi connectivity index (χ0) is 15.7. The van der Waals surface area contributed by atoms with Gasteiger partial charge < -0.3 is 4.74 Å². The van der Waals surface area contributed by atoms with Crippen LogP contribution in [-0.4, -0.2) is 24.2 Å². The van der Waals surface area contributed by atoms with Crippen LogP contribution in [-0.2, 0) is 13.7 Å². The van der Waals surface area contributed by atoms with E-state index >= 15 is 0 Å². The Kier molecular flexibility index (Phi) is 3.21. The Balaban J connectivity index is 1.84. The molecule has 0 saturated heterocycles. The van der Waals surface area contributed by atoms with Crippen molar-refractivity contribution < 1.29 is 6.11 Å². The molecule has 3 aromatic rings. The highest BCUT2D eigenvalue weighted by atomic mass is 32.1. The molecular weight excluding hydrogens is 290 g/mol. The first-order valence-electron chi connectivity index (χ1n) is 6.69. The fourth-order valence-electron chi connectivity index (χ4n) is 1.79. The van der Waals surface area contributed by atoms with E-state index in [1.165, 1.54) is 18.6 Å². The van der Waals surface area contributed by atoms with Crippen LogP contribution in [0.15, 0.2) is 34.4 Å². The minimum Gasteiger partial charge on any atom is -0.488 e. The van der Waals surface area contributed by atoms with Gasteiger partial charge in [-0.15, -0.1) is 4.68 Å². The molecular formula is C13H13N5O2S. The summed E-state index contributed by atoms with van der Waals surface area (Å²) >= 11 is 1.22. The van der Waals surface area contributed by atoms with Gasteiger partial charge in [-0.3, -0.25) is 0 Å². The quantitative estimate of drug-likeness (QED) is 0.726. The maximum atomic E-state index is 11.9. The minimum atomic E-state index is -0.359. The van der Waals surface area contributed by atoms with Crippen LogP contribution in [0.25, 0.3) is 5.82 Å². The molecule has 2 aromatic heterocycles. The van der Waals surface area contributed by atoms with Gasteiger partial charge in [0.1, 0.15) is 12.4 Å². The number of tetrazole rings is 1. The zero-order valence-corrected chi connectivity index (χ0v) is 12.3. The third kappa shape index (κ3) is 2.57. The summed E-state index contributed by atoms with van der Waals surface area (Å²) in [7, 11) is 1.53. The molecule has 0 unspecified atom stereocenters. The number of ether oxygens (including phenoxy) is 1. The van der Waals surface area contributed by atoms with Crippen molar-refractivity contribution >= 4 is 11.5 Å². The molecule has 0 aliphatic rings. The Morgan fingerprint density at radius 1 is 1.43 bits per heavy atom. The molecule has 0 aliphatic heterocycles. The average Bonchev–Trinajstić information content (AvgIpc) is 3.06. The Morgan fingerprint density at radius 2 is 2.29 bits per heavy atom. The van der Waals surface area contributed by atoms with Crippen LogP contribution < -0.4 is 10.4 Å². The largest absolute Gasteiger partial charge is 0.488 e. The van der Waals surface area contributed by atoms with Crippen LogP contribution in [0, 0.1) is 6.92 Å². The molecule has 8 heteroatoms. The van der Waals surface area contributed by atoms with Crippen molar-refractivity contribution in [3.05, 3.63) is 51.2 Å². The molecule has 0 spiro atoms. The van der Waals surface area contributed by atoms with Gasteiger partial charge in [-0.25, -0.2) is 4.79 Å². The van der Waals surface area contributed by atoms with E-state index in [4.69, 9.17) is 6.11 Å². The molecule has 2 heterocycles. The smallest absolute Gasteiger partial charge is 0.369 e. The number of hydrogen-bond donors (Lipinski definition) is 0. The molecule has 0 atom stereocenters. The second-order valence-corrected chi connectivity index (χ2v) is 5.07. The lowest BCUT2D eigenvalue weighted by atomic mass is 10.2. The summed E-state index contributed by atoms with van der Waals surface area (Å²) < 4.78 is 19.8. The van der Waals surface area contributed by atoms with Crippen molar-refractivity contribution in [2.75, 3.05) is 0 Å². The lowest BCUT2D eigenvalue weighted by Crippen LogP contribution is -2.23. The summed E-state index contributed by atoms with van der Waals surface area (Å²) in [5, 5.41) is 9.27. The fraction of sp³-hybridized carbons (Fsp3) is 0.231. The van der Waals surface area contributed by atoms with E-state index < -0.39 is 0 Å². The number of benzene rings is 1. The maximum absolute atomic E-state index is 11.9. The van der Waals surface area contributed by atoms with Gasteiger partial charge in [-0.2, -0.15) is 9.06 Å². The summed E-state index contributed by atoms with van der Waals surface area (Å²) in [6.07, 6.45) is 0. The Labute approximate surface area is 126 Å². The summed E-state index contributed by atoms with van der Waals surface area (Å²) in [5.74, 6) is 1.12. The molecule has 0 bridgehead atoms. The number of rotatable bonds is 4. The van der Waals surface area contributed by atoms with Gasteiger partial charge in [-0.1, -0.05) is 18.2 Å². The lowest BCUT2D eigenvalue weighted by Gasteiger charge is -2.08. The van der Waals surface area contributed by atoms with E-state index in [1.807, 2.05) is 12.3 Å². The van der Waals surface area contributed by atoms with Crippen molar-refractivity contribution in [2.45, 2.75) is 13.5 Å². The summed E-state index contributed by atoms with van der Waals surface area (Å²) in [6, 6.07) is 5.59. The molecule has 0 amide bonds. The van der Waals surface area contributed by atoms with Gasteiger partial charge in [0.2, 0.25) is 0 Å². The molecule has 0 saturated carbocycles. The Morgan fingerprint density at radius 3 is 3.00 bits per heavy atom. The normalized spacial score (nSPS) is 11.4. The number of aromatic nitrogens is 5. The maximum Gasteiger partial charge on any atom is 0.369 e. The standard InChI is InChI=1S/C13H13N5O2S/c1-9-5-3-4-6-11(9)20-7-10-8-21-14-12(10)18-13(19)17(2)15-16-18/h3-6,8H,7H2,1-2H3/i3T. The first-order valence-corrected chi connectivity index (χ1v) is 7.02. The van der Waals surface area contributed by atoms with E-state index in [0.717, 1.165) is 20.5 Å². The third-order valence-electron chi connectivity index (χ3n) is 2.95. The van der Waals surface area contributed by atoms with Crippen LogP contribution in [0.5, 0.6) is 5.75 Å². The van der Waals surface area contributed by atoms with E-state index in [2.05, 4.69) is 14.8 Å². The highest BCUT2D eigenvalue weighted by Crippen LogP contribution is 2.20. The van der Waals surface area contributed by atoms with Gasteiger partial charge in [0, 0.05) is 18.0 Å². The second kappa shape index (κ2) is 5.49. The highest BCUT2D eigenvalue weighted by molar-refractivity contribution is 7.03. The lowest BCUT2D eigenvalue weighted by molar-refractivity contribution is 0.303. The van der Waals surface area contributed by atoms with Gasteiger partial charge in [0.15, 0.2) is 5.82 Å². The van der Waals surface area contributed by atoms with Crippen molar-refractivity contribution in [3.63, 3.8) is 0 Å². The predicted molar refractivity (Wildman–Crippen MR) is 77.8 cm³/mol. The number of para-hydroxylation sites is 1. The SMILES string of the molecule is [3H]c1ccc(OCc2csnc2-n2nnn(C)c2=O)c(C)c1. The number of aryl methyl sites for hydroxylation is 2. The molecule has 108 valence electrons. The molecule has 7 nitrogen and oxygen atoms in total. The van der Waals surface area contributed by atoms with Gasteiger partial charge in [0.05, 0.1) is 1.37 Å². The Bertz CT molecular complexity index is 869. The molecule has 0 N–H and O–H groups in total. The minimum absolute atomic E-state index is 0.257. The second-order valence-electron chi connectivity index (χ2n) is 4.44. The molecule has 0 aliphatic carbocycles. The monoisotopic (exact) mass is 305 g/mol. The zero-order valence-electron chi connectivity index (χ0n) is 12.5. The fourth-order valence-corrected chi connectivity index (χ4v) is 2.44. The van der Waals surface area contributed by atoms with Gasteiger partial charge in [0.25, 0.3) is 0 Å². The summed E-state index contributed by atoms with van der Waals surface area (Å²) in [5.41, 5.74) is 1.28. The van der Waals surface area contributed by atoms with Gasteiger partial charge in [-0.05, 0) is 40.5 Å². The van der Waals surface area contributed by atoms with E-state index in [0.29, 0.717) is 17.6 Å². The van der Waals surface area contributed by atoms with Crippen LogP contribution in [0.4, 0.5) is 0 Å². The van der Waals surface area contributed by atoms with E-state index in [9.17, 15) is 4.79 Å². The number of nitrogens with zero attached hydrogens (tertiary/aromatic N) is 5. The predicted octanol–water partition coefficient (Wildman–Crippen LogP) is 1.31. The molecule has 3 rings (SSSR count). The van der Waals surface area contributed by atoms with Crippen LogP contribution in [0.2, 0.25) is 0 Å².